The Hall–Kier alpha value is -2.73. The van der Waals surface area contributed by atoms with E-state index in [9.17, 15) is 0 Å². The van der Waals surface area contributed by atoms with Crippen LogP contribution in [0.15, 0.2) is 58.7 Å². The van der Waals surface area contributed by atoms with E-state index in [4.69, 9.17) is 17.0 Å². The minimum Gasteiger partial charge on any atom is -0.497 e. The number of thiocarbonyl (C=S) groups is 1. The van der Waals surface area contributed by atoms with Crippen LogP contribution in [0.25, 0.3) is 0 Å². The normalized spacial score (nSPS) is 15.0. The van der Waals surface area contributed by atoms with E-state index in [1.54, 1.807) is 13.3 Å². The van der Waals surface area contributed by atoms with Crippen molar-refractivity contribution in [2.24, 2.45) is 10.2 Å². The molecule has 0 saturated heterocycles. The fourth-order valence-corrected chi connectivity index (χ4v) is 2.83. The standard InChI is InChI=1S/C19H20N4OS/c1-24-16-10-11-17-15(12-16)8-5-9-18(17)21-23-19(25)22-20-13-14-6-3-2-4-7-14/h2-4,6-7,10-13H,5,8-9H2,1H3,(H2,22,23,25)/b20-13+,21-18+. The molecule has 128 valence electrons. The number of ether oxygens (including phenoxy) is 1. The fourth-order valence-electron chi connectivity index (χ4n) is 2.73. The van der Waals surface area contributed by atoms with Crippen LogP contribution in [0.4, 0.5) is 0 Å². The number of aryl methyl sites for hydroxylation is 1. The molecule has 0 aromatic heterocycles. The lowest BCUT2D eigenvalue weighted by Gasteiger charge is -2.18. The Morgan fingerprint density at radius 1 is 1.12 bits per heavy atom. The van der Waals surface area contributed by atoms with Crippen molar-refractivity contribution in [3.63, 3.8) is 0 Å². The zero-order chi connectivity index (χ0) is 17.5. The van der Waals surface area contributed by atoms with Gasteiger partial charge in [-0.25, -0.2) is 0 Å². The maximum atomic E-state index is 5.29. The number of hydrogen-bond acceptors (Lipinski definition) is 4. The molecule has 0 saturated carbocycles. The highest BCUT2D eigenvalue weighted by Crippen LogP contribution is 2.25. The first-order chi connectivity index (χ1) is 12.3. The Morgan fingerprint density at radius 3 is 2.76 bits per heavy atom. The van der Waals surface area contributed by atoms with E-state index in [-0.39, 0.29) is 0 Å². The predicted molar refractivity (Wildman–Crippen MR) is 105 cm³/mol. The van der Waals surface area contributed by atoms with Crippen LogP contribution in [0.2, 0.25) is 0 Å². The lowest BCUT2D eigenvalue weighted by molar-refractivity contribution is 0.414. The van der Waals surface area contributed by atoms with E-state index in [1.807, 2.05) is 36.4 Å². The van der Waals surface area contributed by atoms with Gasteiger partial charge in [-0.3, -0.25) is 10.9 Å². The van der Waals surface area contributed by atoms with Crippen LogP contribution in [0, 0.1) is 0 Å². The maximum Gasteiger partial charge on any atom is 0.207 e. The van der Waals surface area contributed by atoms with Crippen LogP contribution in [0.5, 0.6) is 5.75 Å². The van der Waals surface area contributed by atoms with Crippen molar-refractivity contribution in [2.75, 3.05) is 7.11 Å². The van der Waals surface area contributed by atoms with Gasteiger partial charge in [-0.1, -0.05) is 30.3 Å². The topological polar surface area (TPSA) is 58.0 Å². The summed E-state index contributed by atoms with van der Waals surface area (Å²) < 4.78 is 5.29. The molecule has 0 radical (unpaired) electrons. The van der Waals surface area contributed by atoms with Gasteiger partial charge in [0.25, 0.3) is 0 Å². The number of nitrogens with zero attached hydrogens (tertiary/aromatic N) is 2. The van der Waals surface area contributed by atoms with Crippen molar-refractivity contribution in [1.29, 1.82) is 0 Å². The second-order valence-corrected chi connectivity index (χ2v) is 6.06. The fraction of sp³-hybridized carbons (Fsp3) is 0.211. The van der Waals surface area contributed by atoms with Crippen molar-refractivity contribution < 1.29 is 4.74 Å². The Morgan fingerprint density at radius 2 is 1.96 bits per heavy atom. The molecule has 0 atom stereocenters. The van der Waals surface area contributed by atoms with Crippen LogP contribution >= 0.6 is 12.2 Å². The molecule has 6 heteroatoms. The van der Waals surface area contributed by atoms with Gasteiger partial charge in [-0.05, 0) is 60.8 Å². The minimum absolute atomic E-state index is 0.361. The Labute approximate surface area is 152 Å². The lowest BCUT2D eigenvalue weighted by Crippen LogP contribution is -2.29. The summed E-state index contributed by atoms with van der Waals surface area (Å²) in [6.45, 7) is 0. The zero-order valence-electron chi connectivity index (χ0n) is 14.0. The van der Waals surface area contributed by atoms with Gasteiger partial charge in [0.05, 0.1) is 19.0 Å². The lowest BCUT2D eigenvalue weighted by atomic mass is 9.90. The smallest absolute Gasteiger partial charge is 0.207 e. The summed E-state index contributed by atoms with van der Waals surface area (Å²) in [5, 5.41) is 8.92. The van der Waals surface area contributed by atoms with Gasteiger partial charge in [-0.2, -0.15) is 10.2 Å². The predicted octanol–water partition coefficient (Wildman–Crippen LogP) is 3.23. The molecule has 0 heterocycles. The molecule has 0 aliphatic heterocycles. The summed E-state index contributed by atoms with van der Waals surface area (Å²) in [5.74, 6) is 0.875. The quantitative estimate of drug-likeness (QED) is 0.504. The van der Waals surface area contributed by atoms with E-state index in [0.717, 1.165) is 41.9 Å². The average molecular weight is 352 g/mol. The van der Waals surface area contributed by atoms with Crippen molar-refractivity contribution in [2.45, 2.75) is 19.3 Å². The first kappa shape index (κ1) is 17.1. The number of hydrazone groups is 2. The summed E-state index contributed by atoms with van der Waals surface area (Å²) in [4.78, 5) is 0. The molecule has 0 unspecified atom stereocenters. The number of fused-ring (bicyclic) bond motifs is 1. The molecule has 0 spiro atoms. The van der Waals surface area contributed by atoms with E-state index in [0.29, 0.717) is 5.11 Å². The Balaban J connectivity index is 1.61. The van der Waals surface area contributed by atoms with Crippen molar-refractivity contribution >= 4 is 29.3 Å². The van der Waals surface area contributed by atoms with E-state index < -0.39 is 0 Å². The number of benzene rings is 2. The number of hydrogen-bond donors (Lipinski definition) is 2. The van der Waals surface area contributed by atoms with E-state index in [1.165, 1.54) is 5.56 Å². The molecule has 1 aliphatic carbocycles. The number of rotatable bonds is 4. The second-order valence-electron chi connectivity index (χ2n) is 5.66. The molecule has 0 amide bonds. The van der Waals surface area contributed by atoms with Crippen LogP contribution < -0.4 is 15.6 Å². The summed E-state index contributed by atoms with van der Waals surface area (Å²) in [6.07, 6.45) is 4.73. The van der Waals surface area contributed by atoms with E-state index >= 15 is 0 Å². The molecule has 5 nitrogen and oxygen atoms in total. The molecule has 2 aromatic carbocycles. The van der Waals surface area contributed by atoms with Crippen molar-refractivity contribution in [3.05, 3.63) is 65.2 Å². The van der Waals surface area contributed by atoms with Gasteiger partial charge < -0.3 is 4.74 Å². The third-order valence-corrected chi connectivity index (χ3v) is 4.14. The van der Waals surface area contributed by atoms with Gasteiger partial charge in [0, 0.05) is 5.56 Å². The summed E-state index contributed by atoms with van der Waals surface area (Å²) in [6, 6.07) is 15.9. The van der Waals surface area contributed by atoms with Crippen LogP contribution in [0.1, 0.15) is 29.5 Å². The Kier molecular flexibility index (Phi) is 5.74. The SMILES string of the molecule is COc1ccc2c(c1)CCC/C2=N\NC(=S)N/N=C/c1ccccc1. The van der Waals surface area contributed by atoms with E-state index in [2.05, 4.69) is 33.2 Å². The third-order valence-electron chi connectivity index (χ3n) is 3.95. The van der Waals surface area contributed by atoms with Gasteiger partial charge in [0.1, 0.15) is 5.75 Å². The molecule has 2 N–H and O–H groups in total. The van der Waals surface area contributed by atoms with Crippen molar-refractivity contribution in [1.82, 2.24) is 10.9 Å². The van der Waals surface area contributed by atoms with Crippen LogP contribution in [-0.4, -0.2) is 24.1 Å². The number of nitrogens with one attached hydrogen (secondary N) is 2. The monoisotopic (exact) mass is 352 g/mol. The second kappa shape index (κ2) is 8.39. The molecule has 2 aromatic rings. The highest BCUT2D eigenvalue weighted by atomic mass is 32.1. The molecule has 25 heavy (non-hydrogen) atoms. The summed E-state index contributed by atoms with van der Waals surface area (Å²) >= 11 is 5.21. The molecular formula is C19H20N4OS. The maximum absolute atomic E-state index is 5.29. The van der Waals surface area contributed by atoms with Gasteiger partial charge in [-0.15, -0.1) is 0 Å². The highest BCUT2D eigenvalue weighted by Gasteiger charge is 2.16. The van der Waals surface area contributed by atoms with Crippen molar-refractivity contribution in [3.8, 4) is 5.75 Å². The van der Waals surface area contributed by atoms with Gasteiger partial charge >= 0.3 is 0 Å². The molecule has 1 aliphatic rings. The zero-order valence-corrected chi connectivity index (χ0v) is 14.8. The molecular weight excluding hydrogens is 332 g/mol. The van der Waals surface area contributed by atoms with Crippen LogP contribution in [-0.2, 0) is 6.42 Å². The first-order valence-electron chi connectivity index (χ1n) is 8.14. The largest absolute Gasteiger partial charge is 0.497 e. The average Bonchev–Trinajstić information content (AvgIpc) is 2.66. The summed E-state index contributed by atoms with van der Waals surface area (Å²) in [5.41, 5.74) is 10.1. The Bertz CT molecular complexity index is 802. The first-order valence-corrected chi connectivity index (χ1v) is 8.55. The third kappa shape index (κ3) is 4.64. The summed E-state index contributed by atoms with van der Waals surface area (Å²) in [7, 11) is 1.68. The van der Waals surface area contributed by atoms with Gasteiger partial charge in [0.15, 0.2) is 0 Å². The molecule has 0 fully saturated rings. The van der Waals surface area contributed by atoms with Crippen LogP contribution in [0.3, 0.4) is 0 Å². The minimum atomic E-state index is 0.361. The van der Waals surface area contributed by atoms with Gasteiger partial charge in [0.2, 0.25) is 5.11 Å². The number of methoxy groups -OCH3 is 1. The molecule has 3 rings (SSSR count). The molecule has 0 bridgehead atoms. The highest BCUT2D eigenvalue weighted by molar-refractivity contribution is 7.80.